The van der Waals surface area contributed by atoms with E-state index in [1.54, 1.807) is 6.07 Å². The maximum Gasteiger partial charge on any atom is 0.247 e. The van der Waals surface area contributed by atoms with Crippen molar-refractivity contribution in [3.05, 3.63) is 23.2 Å². The summed E-state index contributed by atoms with van der Waals surface area (Å²) < 4.78 is 5.17. The lowest BCUT2D eigenvalue weighted by molar-refractivity contribution is 0.525. The highest BCUT2D eigenvalue weighted by Gasteiger charge is 2.04. The zero-order valence-electron chi connectivity index (χ0n) is 6.12. The Balaban J connectivity index is 2.67. The SMILES string of the molecule is NCc1nc2cc(Cl)cnc2o1. The second-order valence-corrected chi connectivity index (χ2v) is 2.73. The first-order valence-corrected chi connectivity index (χ1v) is 3.78. The number of hydrogen-bond donors (Lipinski definition) is 1. The normalized spacial score (nSPS) is 10.8. The maximum atomic E-state index is 5.70. The molecule has 2 rings (SSSR count). The molecule has 0 atom stereocenters. The van der Waals surface area contributed by atoms with E-state index in [0.29, 0.717) is 22.1 Å². The Bertz CT molecular complexity index is 412. The van der Waals surface area contributed by atoms with Crippen LogP contribution in [0.2, 0.25) is 5.02 Å². The van der Waals surface area contributed by atoms with Crippen LogP contribution in [0.5, 0.6) is 0 Å². The Kier molecular flexibility index (Phi) is 1.71. The zero-order chi connectivity index (χ0) is 8.55. The first-order valence-electron chi connectivity index (χ1n) is 3.40. The largest absolute Gasteiger partial charge is 0.421 e. The monoisotopic (exact) mass is 183 g/mol. The van der Waals surface area contributed by atoms with E-state index in [9.17, 15) is 0 Å². The smallest absolute Gasteiger partial charge is 0.247 e. The van der Waals surface area contributed by atoms with Gasteiger partial charge in [-0.2, -0.15) is 0 Å². The summed E-state index contributed by atoms with van der Waals surface area (Å²) in [6.07, 6.45) is 1.51. The van der Waals surface area contributed by atoms with Crippen LogP contribution >= 0.6 is 11.6 Å². The van der Waals surface area contributed by atoms with E-state index < -0.39 is 0 Å². The molecule has 5 heteroatoms. The molecule has 2 N–H and O–H groups in total. The summed E-state index contributed by atoms with van der Waals surface area (Å²) in [6, 6.07) is 1.69. The lowest BCUT2D eigenvalue weighted by Gasteiger charge is -1.84. The number of fused-ring (bicyclic) bond motifs is 1. The highest BCUT2D eigenvalue weighted by atomic mass is 35.5. The first-order chi connectivity index (χ1) is 5.79. The van der Waals surface area contributed by atoms with Crippen LogP contribution in [0.15, 0.2) is 16.7 Å². The number of pyridine rings is 1. The van der Waals surface area contributed by atoms with Gasteiger partial charge in [-0.05, 0) is 6.07 Å². The van der Waals surface area contributed by atoms with Crippen LogP contribution < -0.4 is 5.73 Å². The van der Waals surface area contributed by atoms with Crippen molar-refractivity contribution in [3.63, 3.8) is 0 Å². The van der Waals surface area contributed by atoms with E-state index in [4.69, 9.17) is 21.8 Å². The lowest BCUT2D eigenvalue weighted by Crippen LogP contribution is -1.94. The molecule has 2 heterocycles. The number of aromatic nitrogens is 2. The molecule has 0 saturated heterocycles. The fourth-order valence-electron chi connectivity index (χ4n) is 0.931. The van der Waals surface area contributed by atoms with Gasteiger partial charge >= 0.3 is 0 Å². The van der Waals surface area contributed by atoms with Gasteiger partial charge in [0.15, 0.2) is 0 Å². The van der Waals surface area contributed by atoms with Crippen LogP contribution in [-0.4, -0.2) is 9.97 Å². The summed E-state index contributed by atoms with van der Waals surface area (Å²) in [5.74, 6) is 0.472. The summed E-state index contributed by atoms with van der Waals surface area (Å²) in [6.45, 7) is 0.272. The van der Waals surface area contributed by atoms with Crippen LogP contribution in [0.3, 0.4) is 0 Å². The van der Waals surface area contributed by atoms with Gasteiger partial charge in [-0.1, -0.05) is 11.6 Å². The lowest BCUT2D eigenvalue weighted by atomic mass is 10.4. The van der Waals surface area contributed by atoms with Crippen molar-refractivity contribution in [2.45, 2.75) is 6.54 Å². The van der Waals surface area contributed by atoms with Crippen LogP contribution in [0.4, 0.5) is 0 Å². The Morgan fingerprint density at radius 1 is 1.58 bits per heavy atom. The third-order valence-electron chi connectivity index (χ3n) is 1.43. The second kappa shape index (κ2) is 2.73. The third kappa shape index (κ3) is 1.15. The van der Waals surface area contributed by atoms with Crippen molar-refractivity contribution < 1.29 is 4.42 Å². The Morgan fingerprint density at radius 3 is 3.17 bits per heavy atom. The number of oxazole rings is 1. The molecule has 2 aromatic rings. The van der Waals surface area contributed by atoms with Gasteiger partial charge in [-0.25, -0.2) is 9.97 Å². The molecule has 2 aromatic heterocycles. The van der Waals surface area contributed by atoms with E-state index in [-0.39, 0.29) is 6.54 Å². The summed E-state index contributed by atoms with van der Waals surface area (Å²) in [5.41, 5.74) is 6.45. The Morgan fingerprint density at radius 2 is 2.42 bits per heavy atom. The first kappa shape index (κ1) is 7.52. The number of halogens is 1. The number of nitrogens with two attached hydrogens (primary N) is 1. The standard InChI is InChI=1S/C7H6ClN3O/c8-4-1-5-7(10-3-4)12-6(2-9)11-5/h1,3H,2,9H2. The molecule has 0 aliphatic rings. The highest BCUT2D eigenvalue weighted by molar-refractivity contribution is 6.30. The van der Waals surface area contributed by atoms with Crippen molar-refractivity contribution >= 4 is 22.8 Å². The van der Waals surface area contributed by atoms with Gasteiger partial charge in [0.1, 0.15) is 5.52 Å². The molecule has 0 aliphatic carbocycles. The molecular formula is C7H6ClN3O. The van der Waals surface area contributed by atoms with Gasteiger partial charge in [-0.15, -0.1) is 0 Å². The predicted molar refractivity (Wildman–Crippen MR) is 44.7 cm³/mol. The van der Waals surface area contributed by atoms with E-state index in [2.05, 4.69) is 9.97 Å². The van der Waals surface area contributed by atoms with Gasteiger partial charge < -0.3 is 10.2 Å². The summed E-state index contributed by atoms with van der Waals surface area (Å²) in [5, 5.41) is 0.541. The van der Waals surface area contributed by atoms with Crippen molar-refractivity contribution in [2.75, 3.05) is 0 Å². The number of hydrogen-bond acceptors (Lipinski definition) is 4. The Labute approximate surface area is 73.4 Å². The third-order valence-corrected chi connectivity index (χ3v) is 1.64. The minimum absolute atomic E-state index is 0.272. The van der Waals surface area contributed by atoms with Gasteiger partial charge in [0.05, 0.1) is 11.6 Å². The molecule has 0 bridgehead atoms. The van der Waals surface area contributed by atoms with Crippen LogP contribution in [0.25, 0.3) is 11.2 Å². The van der Waals surface area contributed by atoms with Gasteiger partial charge in [-0.3, -0.25) is 0 Å². The fourth-order valence-corrected chi connectivity index (χ4v) is 1.08. The van der Waals surface area contributed by atoms with Crippen molar-refractivity contribution in [1.29, 1.82) is 0 Å². The molecule has 0 amide bonds. The maximum absolute atomic E-state index is 5.70. The average Bonchev–Trinajstić information content (AvgIpc) is 2.46. The molecule has 0 aromatic carbocycles. The van der Waals surface area contributed by atoms with Gasteiger partial charge in [0.2, 0.25) is 11.6 Å². The molecule has 0 fully saturated rings. The zero-order valence-corrected chi connectivity index (χ0v) is 6.88. The Hall–Kier alpha value is -1.13. The summed E-state index contributed by atoms with van der Waals surface area (Å²) in [4.78, 5) is 7.99. The number of nitrogens with zero attached hydrogens (tertiary/aromatic N) is 2. The van der Waals surface area contributed by atoms with Gasteiger partial charge in [0.25, 0.3) is 0 Å². The van der Waals surface area contributed by atoms with E-state index in [0.717, 1.165) is 0 Å². The highest BCUT2D eigenvalue weighted by Crippen LogP contribution is 2.16. The molecule has 0 radical (unpaired) electrons. The van der Waals surface area contributed by atoms with Crippen LogP contribution in [-0.2, 0) is 6.54 Å². The minimum Gasteiger partial charge on any atom is -0.421 e. The summed E-state index contributed by atoms with van der Waals surface area (Å²) >= 11 is 5.70. The molecule has 0 saturated carbocycles. The quantitative estimate of drug-likeness (QED) is 0.725. The van der Waals surface area contributed by atoms with Crippen molar-refractivity contribution in [2.24, 2.45) is 5.73 Å². The van der Waals surface area contributed by atoms with E-state index in [1.807, 2.05) is 0 Å². The molecule has 0 spiro atoms. The molecule has 12 heavy (non-hydrogen) atoms. The topological polar surface area (TPSA) is 64.9 Å². The molecule has 0 unspecified atom stereocenters. The fraction of sp³-hybridized carbons (Fsp3) is 0.143. The molecule has 62 valence electrons. The van der Waals surface area contributed by atoms with Crippen LogP contribution in [0.1, 0.15) is 5.89 Å². The molecular weight excluding hydrogens is 178 g/mol. The van der Waals surface area contributed by atoms with E-state index >= 15 is 0 Å². The average molecular weight is 184 g/mol. The predicted octanol–water partition coefficient (Wildman–Crippen LogP) is 1.33. The molecule has 0 aliphatic heterocycles. The summed E-state index contributed by atoms with van der Waals surface area (Å²) in [7, 11) is 0. The van der Waals surface area contributed by atoms with Gasteiger partial charge in [0, 0.05) is 6.20 Å². The molecule has 4 nitrogen and oxygen atoms in total. The van der Waals surface area contributed by atoms with E-state index in [1.165, 1.54) is 6.20 Å². The number of rotatable bonds is 1. The van der Waals surface area contributed by atoms with Crippen molar-refractivity contribution in [3.8, 4) is 0 Å². The minimum atomic E-state index is 0.272. The van der Waals surface area contributed by atoms with Crippen molar-refractivity contribution in [1.82, 2.24) is 9.97 Å². The second-order valence-electron chi connectivity index (χ2n) is 2.29. The van der Waals surface area contributed by atoms with Crippen LogP contribution in [0, 0.1) is 0 Å².